The first-order valence-electron chi connectivity index (χ1n) is 8.29. The quantitative estimate of drug-likeness (QED) is 0.694. The Labute approximate surface area is 158 Å². The van der Waals surface area contributed by atoms with Crippen LogP contribution in [0.4, 0.5) is 0 Å². The molecule has 1 heterocycles. The summed E-state index contributed by atoms with van der Waals surface area (Å²) in [5.74, 6) is -0.383. The summed E-state index contributed by atoms with van der Waals surface area (Å²) in [6, 6.07) is 8.22. The van der Waals surface area contributed by atoms with E-state index < -0.39 is 21.8 Å². The predicted molar refractivity (Wildman–Crippen MR) is 99.3 cm³/mol. The Morgan fingerprint density at radius 1 is 1.07 bits per heavy atom. The van der Waals surface area contributed by atoms with Crippen LogP contribution in [0.25, 0.3) is 0 Å². The minimum Gasteiger partial charge on any atom is -0.467 e. The van der Waals surface area contributed by atoms with E-state index in [0.717, 1.165) is 15.4 Å². The van der Waals surface area contributed by atoms with Gasteiger partial charge in [0.15, 0.2) is 0 Å². The number of furan rings is 1. The van der Waals surface area contributed by atoms with Crippen molar-refractivity contribution in [2.45, 2.75) is 25.3 Å². The van der Waals surface area contributed by atoms with Crippen molar-refractivity contribution in [3.8, 4) is 0 Å². The number of nitrogens with one attached hydrogen (secondary N) is 2. The smallest absolute Gasteiger partial charge is 0.243 e. The van der Waals surface area contributed by atoms with Crippen LogP contribution in [0.3, 0.4) is 0 Å². The minimum absolute atomic E-state index is 0.122. The van der Waals surface area contributed by atoms with Crippen molar-refractivity contribution in [1.82, 2.24) is 14.9 Å². The van der Waals surface area contributed by atoms with E-state index in [4.69, 9.17) is 4.42 Å². The molecule has 1 aromatic carbocycles. The largest absolute Gasteiger partial charge is 0.467 e. The maximum Gasteiger partial charge on any atom is 0.243 e. The number of hydrogen-bond donors (Lipinski definition) is 2. The van der Waals surface area contributed by atoms with Crippen LogP contribution in [-0.2, 0) is 26.2 Å². The van der Waals surface area contributed by atoms with Gasteiger partial charge in [0, 0.05) is 7.05 Å². The highest BCUT2D eigenvalue weighted by molar-refractivity contribution is 7.89. The number of sulfonamides is 1. The maximum absolute atomic E-state index is 12.6. The van der Waals surface area contributed by atoms with Gasteiger partial charge in [-0.2, -0.15) is 4.31 Å². The summed E-state index contributed by atoms with van der Waals surface area (Å²) in [4.78, 5) is 23.8. The highest BCUT2D eigenvalue weighted by Gasteiger charge is 2.23. The number of carbonyl (C=O) groups is 2. The van der Waals surface area contributed by atoms with Gasteiger partial charge in [-0.3, -0.25) is 9.59 Å². The number of benzene rings is 1. The number of rotatable bonds is 8. The van der Waals surface area contributed by atoms with Gasteiger partial charge in [-0.15, -0.1) is 0 Å². The van der Waals surface area contributed by atoms with Gasteiger partial charge >= 0.3 is 0 Å². The monoisotopic (exact) mass is 393 g/mol. The van der Waals surface area contributed by atoms with E-state index in [2.05, 4.69) is 10.6 Å². The summed E-state index contributed by atoms with van der Waals surface area (Å²) in [6.45, 7) is 3.28. The number of carbonyl (C=O) groups excluding carboxylic acids is 2. The molecule has 8 nitrogen and oxygen atoms in total. The maximum atomic E-state index is 12.6. The van der Waals surface area contributed by atoms with Gasteiger partial charge in [-0.05, 0) is 49.2 Å². The topological polar surface area (TPSA) is 109 Å². The molecule has 2 N–H and O–H groups in total. The Hall–Kier alpha value is -2.65. The van der Waals surface area contributed by atoms with Crippen LogP contribution >= 0.6 is 0 Å². The van der Waals surface area contributed by atoms with Crippen LogP contribution in [0, 0.1) is 13.8 Å². The number of nitrogens with zero attached hydrogens (tertiary/aromatic N) is 1. The first kappa shape index (κ1) is 20.7. The van der Waals surface area contributed by atoms with Gasteiger partial charge in [-0.1, -0.05) is 6.07 Å². The van der Waals surface area contributed by atoms with Gasteiger partial charge in [0.25, 0.3) is 0 Å². The van der Waals surface area contributed by atoms with Crippen LogP contribution in [0.1, 0.15) is 16.9 Å². The first-order valence-corrected chi connectivity index (χ1v) is 9.73. The fraction of sp³-hybridized carbons (Fsp3) is 0.333. The minimum atomic E-state index is -3.79. The molecule has 0 unspecified atom stereocenters. The van der Waals surface area contributed by atoms with Crippen molar-refractivity contribution >= 4 is 21.8 Å². The van der Waals surface area contributed by atoms with Crippen molar-refractivity contribution < 1.29 is 22.4 Å². The lowest BCUT2D eigenvalue weighted by Gasteiger charge is -2.17. The molecular weight excluding hydrogens is 370 g/mol. The molecule has 0 aliphatic rings. The summed E-state index contributed by atoms with van der Waals surface area (Å²) >= 11 is 0. The first-order chi connectivity index (χ1) is 12.7. The zero-order valence-electron chi connectivity index (χ0n) is 15.5. The lowest BCUT2D eigenvalue weighted by molar-refractivity contribution is -0.126. The van der Waals surface area contributed by atoms with Crippen molar-refractivity contribution in [2.24, 2.45) is 0 Å². The molecule has 0 aliphatic heterocycles. The van der Waals surface area contributed by atoms with Gasteiger partial charge in [0.2, 0.25) is 21.8 Å². The Balaban J connectivity index is 1.84. The third-order valence-electron chi connectivity index (χ3n) is 4.04. The molecule has 0 atom stereocenters. The van der Waals surface area contributed by atoms with Crippen LogP contribution < -0.4 is 10.6 Å². The molecule has 1 aromatic heterocycles. The second-order valence-corrected chi connectivity index (χ2v) is 8.18. The van der Waals surface area contributed by atoms with Crippen molar-refractivity contribution in [3.63, 3.8) is 0 Å². The third kappa shape index (κ3) is 5.66. The summed E-state index contributed by atoms with van der Waals surface area (Å²) in [7, 11) is -2.47. The zero-order chi connectivity index (χ0) is 20.0. The van der Waals surface area contributed by atoms with Gasteiger partial charge in [0.05, 0.1) is 30.8 Å². The lowest BCUT2D eigenvalue weighted by atomic mass is 10.1. The van der Waals surface area contributed by atoms with E-state index in [0.29, 0.717) is 5.76 Å². The summed E-state index contributed by atoms with van der Waals surface area (Å²) in [5, 5.41) is 4.98. The molecule has 0 radical (unpaired) electrons. The average molecular weight is 393 g/mol. The van der Waals surface area contributed by atoms with Crippen molar-refractivity contribution in [3.05, 3.63) is 53.5 Å². The van der Waals surface area contributed by atoms with Gasteiger partial charge in [-0.25, -0.2) is 8.42 Å². The Kier molecular flexibility index (Phi) is 6.75. The molecule has 0 saturated carbocycles. The normalized spacial score (nSPS) is 11.4. The highest BCUT2D eigenvalue weighted by atomic mass is 32.2. The molecule has 2 rings (SSSR count). The average Bonchev–Trinajstić information content (AvgIpc) is 3.13. The van der Waals surface area contributed by atoms with E-state index in [1.807, 2.05) is 13.8 Å². The number of aryl methyl sites for hydroxylation is 2. The SMILES string of the molecule is Cc1ccc(S(=O)(=O)N(C)CC(=O)NCC(=O)NCc2ccco2)cc1C. The van der Waals surface area contributed by atoms with E-state index in [-0.39, 0.29) is 24.5 Å². The Morgan fingerprint density at radius 2 is 1.81 bits per heavy atom. The molecule has 0 saturated heterocycles. The number of amides is 2. The molecule has 2 amide bonds. The zero-order valence-corrected chi connectivity index (χ0v) is 16.3. The molecule has 27 heavy (non-hydrogen) atoms. The Morgan fingerprint density at radius 3 is 2.44 bits per heavy atom. The standard InChI is InChI=1S/C18H23N3O5S/c1-13-6-7-16(9-14(13)2)27(24,25)21(3)12-18(23)20-11-17(22)19-10-15-5-4-8-26-15/h4-9H,10-12H2,1-3H3,(H,19,22)(H,20,23). The molecule has 2 aromatic rings. The van der Waals surface area contributed by atoms with E-state index in [9.17, 15) is 18.0 Å². The number of likely N-dealkylation sites (N-methyl/N-ethyl adjacent to an activating group) is 1. The van der Waals surface area contributed by atoms with Crippen LogP contribution in [-0.4, -0.2) is 44.7 Å². The molecule has 0 bridgehead atoms. The molecule has 0 spiro atoms. The van der Waals surface area contributed by atoms with E-state index in [1.54, 1.807) is 24.3 Å². The summed E-state index contributed by atoms with van der Waals surface area (Å²) in [6.07, 6.45) is 1.50. The second kappa shape index (κ2) is 8.83. The van der Waals surface area contributed by atoms with E-state index in [1.165, 1.54) is 19.4 Å². The summed E-state index contributed by atoms with van der Waals surface area (Å²) in [5.41, 5.74) is 1.83. The van der Waals surface area contributed by atoms with Gasteiger partial charge in [0.1, 0.15) is 5.76 Å². The fourth-order valence-corrected chi connectivity index (χ4v) is 3.45. The highest BCUT2D eigenvalue weighted by Crippen LogP contribution is 2.17. The molecule has 146 valence electrons. The van der Waals surface area contributed by atoms with Crippen molar-refractivity contribution in [1.29, 1.82) is 0 Å². The lowest BCUT2D eigenvalue weighted by Crippen LogP contribution is -2.42. The van der Waals surface area contributed by atoms with Crippen LogP contribution in [0.5, 0.6) is 0 Å². The van der Waals surface area contributed by atoms with Gasteiger partial charge < -0.3 is 15.1 Å². The third-order valence-corrected chi connectivity index (χ3v) is 5.84. The summed E-state index contributed by atoms with van der Waals surface area (Å²) < 4.78 is 31.2. The Bertz CT molecular complexity index is 907. The molecule has 9 heteroatoms. The van der Waals surface area contributed by atoms with Crippen LogP contribution in [0.2, 0.25) is 0 Å². The number of hydrogen-bond acceptors (Lipinski definition) is 5. The molecule has 0 aliphatic carbocycles. The fourth-order valence-electron chi connectivity index (χ4n) is 2.24. The second-order valence-electron chi connectivity index (χ2n) is 6.14. The van der Waals surface area contributed by atoms with E-state index >= 15 is 0 Å². The van der Waals surface area contributed by atoms with Crippen LogP contribution in [0.15, 0.2) is 45.9 Å². The molecule has 0 fully saturated rings. The molecular formula is C18H23N3O5S. The predicted octanol–water partition coefficient (Wildman–Crippen LogP) is 0.950. The van der Waals surface area contributed by atoms with Crippen molar-refractivity contribution in [2.75, 3.05) is 20.1 Å².